The smallest absolute Gasteiger partial charge is 0.123 e. The standard InChI is InChI=1S/C13H18FNO/c1-13(7-2-8-15-9-13)12(16)10-3-5-11(14)6-4-10/h3-6,12,15-16H,2,7-9H2,1H3. The van der Waals surface area contributed by atoms with Gasteiger partial charge in [0.05, 0.1) is 6.10 Å². The highest BCUT2D eigenvalue weighted by Gasteiger charge is 2.35. The van der Waals surface area contributed by atoms with Gasteiger partial charge in [-0.1, -0.05) is 19.1 Å². The Labute approximate surface area is 95.5 Å². The molecule has 2 unspecified atom stereocenters. The summed E-state index contributed by atoms with van der Waals surface area (Å²) in [7, 11) is 0. The maximum atomic E-state index is 12.8. The summed E-state index contributed by atoms with van der Waals surface area (Å²) in [5.74, 6) is -0.261. The molecule has 0 aromatic heterocycles. The van der Waals surface area contributed by atoms with Crippen molar-refractivity contribution in [1.29, 1.82) is 0 Å². The van der Waals surface area contributed by atoms with Crippen molar-refractivity contribution in [2.75, 3.05) is 13.1 Å². The summed E-state index contributed by atoms with van der Waals surface area (Å²) in [6.45, 7) is 3.91. The number of piperidine rings is 1. The molecule has 1 saturated heterocycles. The fourth-order valence-electron chi connectivity index (χ4n) is 2.36. The molecule has 3 heteroatoms. The second kappa shape index (κ2) is 4.52. The van der Waals surface area contributed by atoms with Gasteiger partial charge in [0.25, 0.3) is 0 Å². The van der Waals surface area contributed by atoms with Crippen molar-refractivity contribution in [2.45, 2.75) is 25.9 Å². The van der Waals surface area contributed by atoms with Crippen LogP contribution in [0.2, 0.25) is 0 Å². The van der Waals surface area contributed by atoms with Gasteiger partial charge in [0.2, 0.25) is 0 Å². The first-order valence-corrected chi connectivity index (χ1v) is 5.76. The van der Waals surface area contributed by atoms with Crippen LogP contribution in [0.25, 0.3) is 0 Å². The molecule has 0 aliphatic carbocycles. The van der Waals surface area contributed by atoms with Crippen LogP contribution >= 0.6 is 0 Å². The predicted octanol–water partition coefficient (Wildman–Crippen LogP) is 2.25. The third-order valence-corrected chi connectivity index (χ3v) is 3.48. The molecule has 2 rings (SSSR count). The summed E-state index contributed by atoms with van der Waals surface area (Å²) in [5.41, 5.74) is 0.656. The zero-order valence-electron chi connectivity index (χ0n) is 9.54. The Kier molecular flexibility index (Phi) is 3.26. The molecule has 1 aromatic carbocycles. The average molecular weight is 223 g/mol. The van der Waals surface area contributed by atoms with Crippen molar-refractivity contribution in [1.82, 2.24) is 5.32 Å². The topological polar surface area (TPSA) is 32.3 Å². The minimum Gasteiger partial charge on any atom is -0.388 e. The normalized spacial score (nSPS) is 27.7. The third kappa shape index (κ3) is 2.25. The van der Waals surface area contributed by atoms with E-state index in [0.29, 0.717) is 0 Å². The quantitative estimate of drug-likeness (QED) is 0.806. The van der Waals surface area contributed by atoms with E-state index in [1.54, 1.807) is 12.1 Å². The van der Waals surface area contributed by atoms with Crippen LogP contribution in [-0.2, 0) is 0 Å². The van der Waals surface area contributed by atoms with Gasteiger partial charge in [0.1, 0.15) is 5.82 Å². The number of halogens is 1. The molecule has 2 nitrogen and oxygen atoms in total. The molecule has 1 aromatic rings. The van der Waals surface area contributed by atoms with Gasteiger partial charge >= 0.3 is 0 Å². The number of aliphatic hydroxyl groups is 1. The summed E-state index contributed by atoms with van der Waals surface area (Å²) < 4.78 is 12.8. The number of nitrogens with one attached hydrogen (secondary N) is 1. The van der Waals surface area contributed by atoms with Crippen LogP contribution in [0.1, 0.15) is 31.4 Å². The number of aliphatic hydroxyl groups excluding tert-OH is 1. The lowest BCUT2D eigenvalue weighted by atomic mass is 9.75. The minimum absolute atomic E-state index is 0.143. The van der Waals surface area contributed by atoms with Crippen LogP contribution in [-0.4, -0.2) is 18.2 Å². The summed E-state index contributed by atoms with van der Waals surface area (Å²) in [5, 5.41) is 13.6. The lowest BCUT2D eigenvalue weighted by molar-refractivity contribution is 0.0179. The lowest BCUT2D eigenvalue weighted by Gasteiger charge is -2.38. The van der Waals surface area contributed by atoms with Crippen LogP contribution in [0.5, 0.6) is 0 Å². The van der Waals surface area contributed by atoms with Gasteiger partial charge in [0, 0.05) is 12.0 Å². The Morgan fingerprint density at radius 1 is 1.38 bits per heavy atom. The van der Waals surface area contributed by atoms with E-state index in [1.165, 1.54) is 12.1 Å². The first kappa shape index (κ1) is 11.6. The molecule has 2 atom stereocenters. The maximum absolute atomic E-state index is 12.8. The highest BCUT2D eigenvalue weighted by atomic mass is 19.1. The molecule has 0 radical (unpaired) electrons. The van der Waals surface area contributed by atoms with Gasteiger partial charge in [-0.05, 0) is 37.1 Å². The fourth-order valence-corrected chi connectivity index (χ4v) is 2.36. The molecule has 16 heavy (non-hydrogen) atoms. The number of benzene rings is 1. The highest BCUT2D eigenvalue weighted by Crippen LogP contribution is 2.38. The van der Waals surface area contributed by atoms with E-state index in [0.717, 1.165) is 31.5 Å². The molecule has 0 saturated carbocycles. The summed E-state index contributed by atoms with van der Waals surface area (Å²) in [4.78, 5) is 0. The maximum Gasteiger partial charge on any atom is 0.123 e. The molecule has 0 bridgehead atoms. The minimum atomic E-state index is -0.527. The molecule has 2 N–H and O–H groups in total. The third-order valence-electron chi connectivity index (χ3n) is 3.48. The predicted molar refractivity (Wildman–Crippen MR) is 61.6 cm³/mol. The first-order chi connectivity index (χ1) is 7.62. The zero-order chi connectivity index (χ0) is 11.6. The highest BCUT2D eigenvalue weighted by molar-refractivity contribution is 5.20. The second-order valence-corrected chi connectivity index (χ2v) is 4.89. The van der Waals surface area contributed by atoms with Crippen molar-refractivity contribution in [3.05, 3.63) is 35.6 Å². The van der Waals surface area contributed by atoms with Gasteiger partial charge in [-0.15, -0.1) is 0 Å². The molecule has 0 amide bonds. The fraction of sp³-hybridized carbons (Fsp3) is 0.538. The summed E-state index contributed by atoms with van der Waals surface area (Å²) >= 11 is 0. The van der Waals surface area contributed by atoms with Gasteiger partial charge in [-0.25, -0.2) is 4.39 Å². The molecular formula is C13H18FNO. The number of rotatable bonds is 2. The van der Waals surface area contributed by atoms with E-state index in [1.807, 2.05) is 0 Å². The van der Waals surface area contributed by atoms with Crippen LogP contribution in [0.4, 0.5) is 4.39 Å². The Balaban J connectivity index is 2.16. The average Bonchev–Trinajstić information content (AvgIpc) is 2.30. The Hall–Kier alpha value is -0.930. The lowest BCUT2D eigenvalue weighted by Crippen LogP contribution is -2.41. The Bertz CT molecular complexity index is 343. The van der Waals surface area contributed by atoms with Gasteiger partial charge in [-0.3, -0.25) is 0 Å². The Morgan fingerprint density at radius 2 is 2.06 bits per heavy atom. The van der Waals surface area contributed by atoms with E-state index in [9.17, 15) is 9.50 Å². The van der Waals surface area contributed by atoms with Gasteiger partial charge in [0.15, 0.2) is 0 Å². The van der Waals surface area contributed by atoms with Gasteiger partial charge < -0.3 is 10.4 Å². The molecule has 1 fully saturated rings. The van der Waals surface area contributed by atoms with E-state index in [-0.39, 0.29) is 11.2 Å². The summed E-state index contributed by atoms with van der Waals surface area (Å²) in [6, 6.07) is 6.13. The Morgan fingerprint density at radius 3 is 2.62 bits per heavy atom. The molecular weight excluding hydrogens is 205 g/mol. The SMILES string of the molecule is CC1(C(O)c2ccc(F)cc2)CCCNC1. The monoisotopic (exact) mass is 223 g/mol. The molecule has 1 aliphatic rings. The first-order valence-electron chi connectivity index (χ1n) is 5.76. The van der Waals surface area contributed by atoms with E-state index >= 15 is 0 Å². The number of hydrogen-bond donors (Lipinski definition) is 2. The van der Waals surface area contributed by atoms with E-state index in [2.05, 4.69) is 12.2 Å². The largest absolute Gasteiger partial charge is 0.388 e. The van der Waals surface area contributed by atoms with Gasteiger partial charge in [-0.2, -0.15) is 0 Å². The van der Waals surface area contributed by atoms with Crippen LogP contribution in [0.15, 0.2) is 24.3 Å². The molecule has 1 heterocycles. The molecule has 0 spiro atoms. The van der Waals surface area contributed by atoms with Crippen molar-refractivity contribution in [3.63, 3.8) is 0 Å². The van der Waals surface area contributed by atoms with Crippen LogP contribution in [0, 0.1) is 11.2 Å². The van der Waals surface area contributed by atoms with Crippen LogP contribution < -0.4 is 5.32 Å². The summed E-state index contributed by atoms with van der Waals surface area (Å²) in [6.07, 6.45) is 1.55. The second-order valence-electron chi connectivity index (χ2n) is 4.89. The van der Waals surface area contributed by atoms with E-state index < -0.39 is 6.10 Å². The number of hydrogen-bond acceptors (Lipinski definition) is 2. The van der Waals surface area contributed by atoms with Crippen molar-refractivity contribution < 1.29 is 9.50 Å². The molecule has 88 valence electrons. The van der Waals surface area contributed by atoms with Crippen molar-refractivity contribution in [3.8, 4) is 0 Å². The zero-order valence-corrected chi connectivity index (χ0v) is 9.54. The van der Waals surface area contributed by atoms with Crippen LogP contribution in [0.3, 0.4) is 0 Å². The van der Waals surface area contributed by atoms with E-state index in [4.69, 9.17) is 0 Å². The van der Waals surface area contributed by atoms with Crippen molar-refractivity contribution >= 4 is 0 Å². The molecule has 1 aliphatic heterocycles. The van der Waals surface area contributed by atoms with Crippen molar-refractivity contribution in [2.24, 2.45) is 5.41 Å².